The van der Waals surface area contributed by atoms with Crippen LogP contribution in [0.4, 0.5) is 6.01 Å². The van der Waals surface area contributed by atoms with Gasteiger partial charge in [-0.1, -0.05) is 31.3 Å². The Morgan fingerprint density at radius 3 is 2.63 bits per heavy atom. The van der Waals surface area contributed by atoms with E-state index in [2.05, 4.69) is 34.7 Å². The molecule has 19 heavy (non-hydrogen) atoms. The summed E-state index contributed by atoms with van der Waals surface area (Å²) in [6.45, 7) is 7.21. The second-order valence-corrected chi connectivity index (χ2v) is 5.56. The van der Waals surface area contributed by atoms with Crippen molar-refractivity contribution in [3.8, 4) is 0 Å². The van der Waals surface area contributed by atoms with Crippen LogP contribution in [0.25, 0.3) is 0 Å². The predicted octanol–water partition coefficient (Wildman–Crippen LogP) is 3.12. The Morgan fingerprint density at radius 1 is 1.21 bits per heavy atom. The average Bonchev–Trinajstić information content (AvgIpc) is 2.88. The second kappa shape index (κ2) is 6.89. The monoisotopic (exact) mass is 266 g/mol. The standard InChI is InChI=1S/C14H26N4O/c1-4-15-11(3)13-17-18-14(19-13)16-10(2)12-8-6-5-7-9-12/h10-12,15H,4-9H2,1-3H3,(H,16,18). The van der Waals surface area contributed by atoms with Gasteiger partial charge in [0.05, 0.1) is 6.04 Å². The highest BCUT2D eigenvalue weighted by molar-refractivity contribution is 5.20. The van der Waals surface area contributed by atoms with Crippen LogP contribution in [-0.2, 0) is 0 Å². The third-order valence-corrected chi connectivity index (χ3v) is 4.03. The molecular weight excluding hydrogens is 240 g/mol. The smallest absolute Gasteiger partial charge is 0.315 e. The van der Waals surface area contributed by atoms with Gasteiger partial charge in [0.2, 0.25) is 5.89 Å². The first-order chi connectivity index (χ1) is 9.20. The summed E-state index contributed by atoms with van der Waals surface area (Å²) in [7, 11) is 0. The topological polar surface area (TPSA) is 63.0 Å². The lowest BCUT2D eigenvalue weighted by Gasteiger charge is -2.27. The van der Waals surface area contributed by atoms with Gasteiger partial charge in [-0.3, -0.25) is 0 Å². The summed E-state index contributed by atoms with van der Waals surface area (Å²) in [5.74, 6) is 1.38. The molecule has 1 aromatic heterocycles. The van der Waals surface area contributed by atoms with Gasteiger partial charge in [-0.2, -0.15) is 0 Å². The van der Waals surface area contributed by atoms with Gasteiger partial charge in [0.15, 0.2) is 0 Å². The Labute approximate surface area is 115 Å². The summed E-state index contributed by atoms with van der Waals surface area (Å²) in [5, 5.41) is 14.8. The van der Waals surface area contributed by atoms with Crippen molar-refractivity contribution >= 4 is 6.01 Å². The minimum absolute atomic E-state index is 0.109. The third-order valence-electron chi connectivity index (χ3n) is 4.03. The Balaban J connectivity index is 1.88. The fourth-order valence-electron chi connectivity index (χ4n) is 2.81. The molecule has 0 saturated heterocycles. The third kappa shape index (κ3) is 3.93. The number of hydrogen-bond acceptors (Lipinski definition) is 5. The molecule has 5 nitrogen and oxygen atoms in total. The molecule has 2 atom stereocenters. The molecule has 0 aliphatic heterocycles. The first kappa shape index (κ1) is 14.3. The molecule has 0 bridgehead atoms. The number of hydrogen-bond donors (Lipinski definition) is 2. The lowest BCUT2D eigenvalue weighted by atomic mass is 9.85. The van der Waals surface area contributed by atoms with Crippen molar-refractivity contribution in [1.29, 1.82) is 0 Å². The molecule has 2 unspecified atom stereocenters. The molecule has 1 aliphatic carbocycles. The number of nitrogens with zero attached hydrogens (tertiary/aromatic N) is 2. The van der Waals surface area contributed by atoms with Crippen LogP contribution in [0, 0.1) is 5.92 Å². The van der Waals surface area contributed by atoms with Crippen LogP contribution in [0.2, 0.25) is 0 Å². The summed E-state index contributed by atoms with van der Waals surface area (Å²) in [5.41, 5.74) is 0. The normalized spacial score (nSPS) is 20.2. The van der Waals surface area contributed by atoms with Crippen molar-refractivity contribution < 1.29 is 4.42 Å². The van der Waals surface area contributed by atoms with E-state index in [0.29, 0.717) is 17.9 Å². The largest absolute Gasteiger partial charge is 0.406 e. The van der Waals surface area contributed by atoms with Crippen molar-refractivity contribution in [3.05, 3.63) is 5.89 Å². The molecule has 5 heteroatoms. The minimum Gasteiger partial charge on any atom is -0.406 e. The van der Waals surface area contributed by atoms with Crippen molar-refractivity contribution in [2.45, 2.75) is 65.0 Å². The van der Waals surface area contributed by atoms with E-state index < -0.39 is 0 Å². The number of aromatic nitrogens is 2. The molecule has 1 fully saturated rings. The van der Waals surface area contributed by atoms with Gasteiger partial charge in [-0.05, 0) is 39.2 Å². The molecule has 0 aromatic carbocycles. The summed E-state index contributed by atoms with van der Waals surface area (Å²) >= 11 is 0. The van der Waals surface area contributed by atoms with Gasteiger partial charge in [0.1, 0.15) is 0 Å². The molecule has 2 rings (SSSR count). The zero-order chi connectivity index (χ0) is 13.7. The summed E-state index contributed by atoms with van der Waals surface area (Å²) in [6.07, 6.45) is 6.70. The van der Waals surface area contributed by atoms with E-state index in [9.17, 15) is 0 Å². The van der Waals surface area contributed by atoms with Gasteiger partial charge >= 0.3 is 6.01 Å². The van der Waals surface area contributed by atoms with Gasteiger partial charge in [0, 0.05) is 6.04 Å². The van der Waals surface area contributed by atoms with E-state index in [1.165, 1.54) is 32.1 Å². The van der Waals surface area contributed by atoms with E-state index in [1.807, 2.05) is 6.92 Å². The highest BCUT2D eigenvalue weighted by atomic mass is 16.4. The quantitative estimate of drug-likeness (QED) is 0.828. The zero-order valence-electron chi connectivity index (χ0n) is 12.3. The molecule has 108 valence electrons. The van der Waals surface area contributed by atoms with Gasteiger partial charge in [0.25, 0.3) is 0 Å². The fraction of sp³-hybridized carbons (Fsp3) is 0.857. The number of anilines is 1. The van der Waals surface area contributed by atoms with Crippen LogP contribution in [0.1, 0.15) is 64.8 Å². The Morgan fingerprint density at radius 2 is 1.95 bits per heavy atom. The number of nitrogens with one attached hydrogen (secondary N) is 2. The van der Waals surface area contributed by atoms with Gasteiger partial charge in [-0.25, -0.2) is 0 Å². The Kier molecular flexibility index (Phi) is 5.19. The first-order valence-corrected chi connectivity index (χ1v) is 7.54. The van der Waals surface area contributed by atoms with Crippen LogP contribution in [0.15, 0.2) is 4.42 Å². The molecule has 0 spiro atoms. The van der Waals surface area contributed by atoms with E-state index in [0.717, 1.165) is 12.5 Å². The highest BCUT2D eigenvalue weighted by Gasteiger charge is 2.22. The zero-order valence-corrected chi connectivity index (χ0v) is 12.3. The molecule has 1 aliphatic rings. The molecule has 1 aromatic rings. The minimum atomic E-state index is 0.109. The maximum absolute atomic E-state index is 5.66. The Bertz CT molecular complexity index is 373. The van der Waals surface area contributed by atoms with E-state index in [-0.39, 0.29) is 6.04 Å². The SMILES string of the molecule is CCNC(C)c1nnc(NC(C)C2CCCCC2)o1. The fourth-order valence-corrected chi connectivity index (χ4v) is 2.81. The summed E-state index contributed by atoms with van der Waals surface area (Å²) in [4.78, 5) is 0. The van der Waals surface area contributed by atoms with Crippen molar-refractivity contribution in [2.75, 3.05) is 11.9 Å². The highest BCUT2D eigenvalue weighted by Crippen LogP contribution is 2.28. The van der Waals surface area contributed by atoms with Crippen molar-refractivity contribution in [3.63, 3.8) is 0 Å². The summed E-state index contributed by atoms with van der Waals surface area (Å²) in [6, 6.07) is 1.07. The van der Waals surface area contributed by atoms with Crippen LogP contribution < -0.4 is 10.6 Å². The number of rotatable bonds is 6. The van der Waals surface area contributed by atoms with Crippen LogP contribution >= 0.6 is 0 Å². The molecular formula is C14H26N4O. The van der Waals surface area contributed by atoms with E-state index >= 15 is 0 Å². The van der Waals surface area contributed by atoms with Crippen LogP contribution in [0.3, 0.4) is 0 Å². The lowest BCUT2D eigenvalue weighted by Crippen LogP contribution is -2.27. The average molecular weight is 266 g/mol. The predicted molar refractivity (Wildman–Crippen MR) is 76.0 cm³/mol. The van der Waals surface area contributed by atoms with E-state index in [1.54, 1.807) is 0 Å². The second-order valence-electron chi connectivity index (χ2n) is 5.56. The van der Waals surface area contributed by atoms with Crippen LogP contribution in [0.5, 0.6) is 0 Å². The van der Waals surface area contributed by atoms with Crippen molar-refractivity contribution in [1.82, 2.24) is 15.5 Å². The maximum Gasteiger partial charge on any atom is 0.315 e. The lowest BCUT2D eigenvalue weighted by molar-refractivity contribution is 0.323. The molecule has 1 saturated carbocycles. The van der Waals surface area contributed by atoms with Gasteiger partial charge in [-0.15, -0.1) is 5.10 Å². The van der Waals surface area contributed by atoms with E-state index in [4.69, 9.17) is 4.42 Å². The van der Waals surface area contributed by atoms with Crippen LogP contribution in [-0.4, -0.2) is 22.8 Å². The molecule has 0 radical (unpaired) electrons. The Hall–Kier alpha value is -1.10. The summed E-state index contributed by atoms with van der Waals surface area (Å²) < 4.78 is 5.66. The molecule has 0 amide bonds. The van der Waals surface area contributed by atoms with Crippen molar-refractivity contribution in [2.24, 2.45) is 5.92 Å². The molecule has 2 N–H and O–H groups in total. The molecule has 1 heterocycles. The van der Waals surface area contributed by atoms with Gasteiger partial charge < -0.3 is 15.1 Å². The maximum atomic E-state index is 5.66. The first-order valence-electron chi connectivity index (χ1n) is 7.54.